The van der Waals surface area contributed by atoms with Crippen LogP contribution in [0.5, 0.6) is 0 Å². The minimum absolute atomic E-state index is 0.00269. The normalized spacial score (nSPS) is 11.2. The summed E-state index contributed by atoms with van der Waals surface area (Å²) in [5, 5.41) is 4.96. The topological polar surface area (TPSA) is 52.7 Å². The molecule has 0 saturated heterocycles. The summed E-state index contributed by atoms with van der Waals surface area (Å²) in [5.74, 6) is 0.826. The van der Waals surface area contributed by atoms with E-state index in [4.69, 9.17) is 4.98 Å². The van der Waals surface area contributed by atoms with Crippen LogP contribution in [0.2, 0.25) is 0 Å². The zero-order valence-electron chi connectivity index (χ0n) is 13.2. The molecule has 0 saturated carbocycles. The molecule has 0 N–H and O–H groups in total. The first-order valence-corrected chi connectivity index (χ1v) is 7.58. The third-order valence-corrected chi connectivity index (χ3v) is 3.85. The second kappa shape index (κ2) is 5.75. The van der Waals surface area contributed by atoms with Crippen molar-refractivity contribution in [3.05, 3.63) is 57.8 Å². The minimum Gasteiger partial charge on any atom is -0.291 e. The first-order chi connectivity index (χ1) is 10.6. The van der Waals surface area contributed by atoms with Crippen LogP contribution in [0, 0.1) is 6.92 Å². The Balaban J connectivity index is 2.22. The van der Waals surface area contributed by atoms with Crippen molar-refractivity contribution in [2.75, 3.05) is 0 Å². The van der Waals surface area contributed by atoms with Gasteiger partial charge in [0.1, 0.15) is 11.2 Å². The van der Waals surface area contributed by atoms with E-state index < -0.39 is 0 Å². The summed E-state index contributed by atoms with van der Waals surface area (Å²) in [6, 6.07) is 10.0. The number of hydrogen-bond donors (Lipinski definition) is 0. The molecule has 5 nitrogen and oxygen atoms in total. The minimum atomic E-state index is 0.00269. The average Bonchev–Trinajstić information content (AvgIpc) is 2.79. The fourth-order valence-corrected chi connectivity index (χ4v) is 2.80. The fraction of sp³-hybridized carbons (Fsp3) is 0.353. The highest BCUT2D eigenvalue weighted by molar-refractivity contribution is 5.77. The van der Waals surface area contributed by atoms with Crippen molar-refractivity contribution in [2.45, 2.75) is 33.2 Å². The molecule has 0 aliphatic rings. The van der Waals surface area contributed by atoms with Crippen LogP contribution in [0.3, 0.4) is 0 Å². The Kier molecular flexibility index (Phi) is 3.79. The number of benzene rings is 1. The molecule has 0 aliphatic carbocycles. The molecule has 3 aromatic rings. The van der Waals surface area contributed by atoms with Crippen LogP contribution >= 0.6 is 0 Å². The first-order valence-electron chi connectivity index (χ1n) is 7.58. The molecule has 0 spiro atoms. The molecular weight excluding hydrogens is 276 g/mol. The van der Waals surface area contributed by atoms with Gasteiger partial charge in [0.05, 0.1) is 12.2 Å². The third-order valence-electron chi connectivity index (χ3n) is 3.85. The lowest BCUT2D eigenvalue weighted by molar-refractivity contribution is 0.659. The van der Waals surface area contributed by atoms with Gasteiger partial charge in [0.2, 0.25) is 0 Å². The zero-order valence-corrected chi connectivity index (χ0v) is 13.2. The van der Waals surface area contributed by atoms with Crippen LogP contribution in [-0.4, -0.2) is 19.3 Å². The molecule has 1 aromatic carbocycles. The fourth-order valence-electron chi connectivity index (χ4n) is 2.80. The predicted molar refractivity (Wildman–Crippen MR) is 87.0 cm³/mol. The lowest BCUT2D eigenvalue weighted by Gasteiger charge is -2.12. The summed E-state index contributed by atoms with van der Waals surface area (Å²) in [7, 11) is 1.83. The van der Waals surface area contributed by atoms with Gasteiger partial charge < -0.3 is 0 Å². The second-order valence-corrected chi connectivity index (χ2v) is 5.56. The van der Waals surface area contributed by atoms with Gasteiger partial charge in [0.25, 0.3) is 5.56 Å². The van der Waals surface area contributed by atoms with Crippen molar-refractivity contribution in [2.24, 2.45) is 7.05 Å². The van der Waals surface area contributed by atoms with E-state index in [1.807, 2.05) is 44.3 Å². The van der Waals surface area contributed by atoms with Gasteiger partial charge >= 0.3 is 0 Å². The van der Waals surface area contributed by atoms with E-state index in [1.165, 1.54) is 0 Å². The van der Waals surface area contributed by atoms with E-state index in [-0.39, 0.29) is 5.56 Å². The van der Waals surface area contributed by atoms with Crippen LogP contribution in [0.1, 0.15) is 30.4 Å². The van der Waals surface area contributed by atoms with Crippen molar-refractivity contribution in [3.63, 3.8) is 0 Å². The molecule has 0 fully saturated rings. The van der Waals surface area contributed by atoms with Gasteiger partial charge in [-0.2, -0.15) is 5.10 Å². The van der Waals surface area contributed by atoms with Gasteiger partial charge in [-0.15, -0.1) is 0 Å². The van der Waals surface area contributed by atoms with Crippen molar-refractivity contribution in [1.82, 2.24) is 19.3 Å². The lowest BCUT2D eigenvalue weighted by atomic mass is 10.2. The predicted octanol–water partition coefficient (Wildman–Crippen LogP) is 2.44. The largest absolute Gasteiger partial charge is 0.291 e. The summed E-state index contributed by atoms with van der Waals surface area (Å²) in [5.41, 5.74) is 2.52. The maximum atomic E-state index is 12.9. The van der Waals surface area contributed by atoms with Crippen LogP contribution in [-0.2, 0) is 20.0 Å². The smallest absolute Gasteiger partial charge is 0.265 e. The summed E-state index contributed by atoms with van der Waals surface area (Å²) < 4.78 is 3.48. The van der Waals surface area contributed by atoms with Crippen LogP contribution in [0.25, 0.3) is 11.0 Å². The Hall–Kier alpha value is -2.43. The number of fused-ring (bicyclic) bond motifs is 1. The molecular formula is C17H20N4O. The number of nitrogens with zero attached hydrogens (tertiary/aromatic N) is 4. The molecule has 114 valence electrons. The van der Waals surface area contributed by atoms with Crippen molar-refractivity contribution in [1.29, 1.82) is 0 Å². The highest BCUT2D eigenvalue weighted by atomic mass is 16.1. The maximum Gasteiger partial charge on any atom is 0.265 e. The number of rotatable bonds is 4. The monoisotopic (exact) mass is 296 g/mol. The van der Waals surface area contributed by atoms with Crippen LogP contribution < -0.4 is 5.56 Å². The molecule has 3 rings (SSSR count). The molecule has 0 atom stereocenters. The number of hydrogen-bond acceptors (Lipinski definition) is 3. The maximum absolute atomic E-state index is 12.9. The van der Waals surface area contributed by atoms with E-state index in [0.717, 1.165) is 29.9 Å². The summed E-state index contributed by atoms with van der Waals surface area (Å²) in [6.07, 6.45) is 1.73. The molecule has 0 bridgehead atoms. The Labute approximate surface area is 129 Å². The summed E-state index contributed by atoms with van der Waals surface area (Å²) in [6.45, 7) is 4.50. The van der Waals surface area contributed by atoms with E-state index in [1.54, 1.807) is 9.25 Å². The molecule has 0 unspecified atom stereocenters. The highest BCUT2D eigenvalue weighted by Crippen LogP contribution is 2.14. The van der Waals surface area contributed by atoms with E-state index >= 15 is 0 Å². The van der Waals surface area contributed by atoms with E-state index in [0.29, 0.717) is 17.6 Å². The van der Waals surface area contributed by atoms with Gasteiger partial charge in [-0.25, -0.2) is 9.67 Å². The number of aryl methyl sites for hydroxylation is 3. The van der Waals surface area contributed by atoms with Crippen LogP contribution in [0.15, 0.2) is 35.1 Å². The molecule has 2 heterocycles. The Morgan fingerprint density at radius 1 is 1.18 bits per heavy atom. The van der Waals surface area contributed by atoms with Gasteiger partial charge in [-0.05, 0) is 18.9 Å². The standard InChI is InChI=1S/C17H20N4O/c1-4-8-14-18-16-15(12(2)19-20(16)3)17(22)21(14)11-13-9-6-5-7-10-13/h5-7,9-10H,4,8,11H2,1-3H3. The number of aromatic nitrogens is 4. The molecule has 0 radical (unpaired) electrons. The third kappa shape index (κ3) is 2.43. The highest BCUT2D eigenvalue weighted by Gasteiger charge is 2.16. The average molecular weight is 296 g/mol. The second-order valence-electron chi connectivity index (χ2n) is 5.56. The van der Waals surface area contributed by atoms with Crippen molar-refractivity contribution >= 4 is 11.0 Å². The van der Waals surface area contributed by atoms with E-state index in [9.17, 15) is 4.79 Å². The van der Waals surface area contributed by atoms with Gasteiger partial charge in [-0.1, -0.05) is 37.3 Å². The Morgan fingerprint density at radius 3 is 2.59 bits per heavy atom. The quantitative estimate of drug-likeness (QED) is 0.743. The van der Waals surface area contributed by atoms with Crippen LogP contribution in [0.4, 0.5) is 0 Å². The SMILES string of the molecule is CCCc1nc2c(c(C)nn2C)c(=O)n1Cc1ccccc1. The van der Waals surface area contributed by atoms with Crippen molar-refractivity contribution in [3.8, 4) is 0 Å². The first kappa shape index (κ1) is 14.5. The Morgan fingerprint density at radius 2 is 1.91 bits per heavy atom. The van der Waals surface area contributed by atoms with E-state index in [2.05, 4.69) is 12.0 Å². The summed E-state index contributed by atoms with van der Waals surface area (Å²) >= 11 is 0. The Bertz CT molecular complexity index is 862. The van der Waals surface area contributed by atoms with Gasteiger partial charge in [-0.3, -0.25) is 9.36 Å². The molecule has 0 amide bonds. The zero-order chi connectivity index (χ0) is 15.7. The van der Waals surface area contributed by atoms with Gasteiger partial charge in [0, 0.05) is 13.5 Å². The molecule has 22 heavy (non-hydrogen) atoms. The summed E-state index contributed by atoms with van der Waals surface area (Å²) in [4.78, 5) is 17.6. The van der Waals surface area contributed by atoms with Gasteiger partial charge in [0.15, 0.2) is 5.65 Å². The molecule has 0 aliphatic heterocycles. The lowest BCUT2D eigenvalue weighted by Crippen LogP contribution is -2.26. The van der Waals surface area contributed by atoms with Crippen molar-refractivity contribution < 1.29 is 0 Å². The molecule has 2 aromatic heterocycles. The molecule has 5 heteroatoms.